The molecule has 6 nitrogen and oxygen atoms in total. The zero-order chi connectivity index (χ0) is 10.6. The molecule has 0 bridgehead atoms. The van der Waals surface area contributed by atoms with E-state index >= 15 is 0 Å². The lowest BCUT2D eigenvalue weighted by Crippen LogP contribution is -2.33. The van der Waals surface area contributed by atoms with Gasteiger partial charge >= 0.3 is 0 Å². The maximum Gasteiger partial charge on any atom is 0.278 e. The van der Waals surface area contributed by atoms with E-state index in [0.717, 1.165) is 0 Å². The summed E-state index contributed by atoms with van der Waals surface area (Å²) < 4.78 is 4.28. The number of aromatic nitrogens is 2. The number of hydrogen-bond acceptors (Lipinski definition) is 5. The largest absolute Gasteiger partial charge is 0.379 e. The number of anilines is 1. The number of hydrogen-bond donors (Lipinski definition) is 2. The topological polar surface area (TPSA) is 94.0 Å². The minimum atomic E-state index is -0.478. The zero-order valence-corrected chi connectivity index (χ0v) is 7.65. The summed E-state index contributed by atoms with van der Waals surface area (Å²) in [6, 6.07) is -0.335. The van der Waals surface area contributed by atoms with Crippen LogP contribution in [0.1, 0.15) is 23.8 Å². The molecule has 1 aromatic heterocycles. The predicted molar refractivity (Wildman–Crippen MR) is 49.1 cm³/mol. The van der Waals surface area contributed by atoms with E-state index in [2.05, 4.69) is 26.2 Å². The normalized spacial score (nSPS) is 11.7. The average molecular weight is 194 g/mol. The Morgan fingerprint density at radius 3 is 2.93 bits per heavy atom. The summed E-state index contributed by atoms with van der Waals surface area (Å²) >= 11 is 0. The molecule has 0 fully saturated rings. The highest BCUT2D eigenvalue weighted by Crippen LogP contribution is 2.04. The Hall–Kier alpha value is -2.03. The maximum absolute atomic E-state index is 11.4. The first-order valence-corrected chi connectivity index (χ1v) is 4.04. The van der Waals surface area contributed by atoms with Crippen LogP contribution in [0.25, 0.3) is 0 Å². The van der Waals surface area contributed by atoms with Gasteiger partial charge in [-0.1, -0.05) is 12.8 Å². The third-order valence-electron chi connectivity index (χ3n) is 1.64. The molecule has 0 aromatic carbocycles. The van der Waals surface area contributed by atoms with Gasteiger partial charge in [-0.3, -0.25) is 4.79 Å². The molecular formula is C8H10N4O2. The Morgan fingerprint density at radius 2 is 2.50 bits per heavy atom. The molecule has 3 N–H and O–H groups in total. The zero-order valence-electron chi connectivity index (χ0n) is 7.65. The number of terminal acetylenes is 1. The van der Waals surface area contributed by atoms with Gasteiger partial charge in [0.1, 0.15) is 0 Å². The lowest BCUT2D eigenvalue weighted by Gasteiger charge is -2.08. The number of rotatable bonds is 3. The molecule has 0 spiro atoms. The SMILES string of the molecule is C#CC(CC)NC(=O)c1nonc1N. The van der Waals surface area contributed by atoms with E-state index in [0.29, 0.717) is 6.42 Å². The van der Waals surface area contributed by atoms with Gasteiger partial charge in [-0.25, -0.2) is 4.63 Å². The molecule has 1 heterocycles. The van der Waals surface area contributed by atoms with E-state index in [-0.39, 0.29) is 17.6 Å². The summed E-state index contributed by atoms with van der Waals surface area (Å²) in [7, 11) is 0. The van der Waals surface area contributed by atoms with Crippen LogP contribution in [0.3, 0.4) is 0 Å². The van der Waals surface area contributed by atoms with Crippen molar-refractivity contribution >= 4 is 11.7 Å². The lowest BCUT2D eigenvalue weighted by atomic mass is 10.2. The second-order valence-electron chi connectivity index (χ2n) is 2.60. The number of nitrogens with two attached hydrogens (primary N) is 1. The van der Waals surface area contributed by atoms with E-state index in [1.54, 1.807) is 0 Å². The average Bonchev–Trinajstić information content (AvgIpc) is 2.60. The number of nitrogens with zero attached hydrogens (tertiary/aromatic N) is 2. The van der Waals surface area contributed by atoms with Crippen LogP contribution in [-0.2, 0) is 0 Å². The molecule has 1 rings (SSSR count). The molecule has 0 radical (unpaired) electrons. The van der Waals surface area contributed by atoms with Crippen molar-refractivity contribution in [3.05, 3.63) is 5.69 Å². The van der Waals surface area contributed by atoms with E-state index in [4.69, 9.17) is 12.2 Å². The quantitative estimate of drug-likeness (QED) is 0.649. The van der Waals surface area contributed by atoms with Gasteiger partial charge in [0.05, 0.1) is 6.04 Å². The predicted octanol–water partition coefficient (Wildman–Crippen LogP) is -0.207. The van der Waals surface area contributed by atoms with E-state index < -0.39 is 5.91 Å². The smallest absolute Gasteiger partial charge is 0.278 e. The molecule has 0 aliphatic rings. The van der Waals surface area contributed by atoms with E-state index in [1.807, 2.05) is 6.92 Å². The molecule has 0 saturated carbocycles. The Balaban J connectivity index is 2.69. The van der Waals surface area contributed by atoms with Gasteiger partial charge in [0.2, 0.25) is 11.5 Å². The van der Waals surface area contributed by atoms with Crippen molar-refractivity contribution in [2.75, 3.05) is 5.73 Å². The van der Waals surface area contributed by atoms with Gasteiger partial charge in [-0.05, 0) is 16.7 Å². The van der Waals surface area contributed by atoms with Crippen molar-refractivity contribution < 1.29 is 9.42 Å². The van der Waals surface area contributed by atoms with Crippen LogP contribution >= 0.6 is 0 Å². The maximum atomic E-state index is 11.4. The molecule has 0 saturated heterocycles. The van der Waals surface area contributed by atoms with Crippen LogP contribution < -0.4 is 11.1 Å². The van der Waals surface area contributed by atoms with Gasteiger partial charge in [-0.2, -0.15) is 0 Å². The number of amides is 1. The van der Waals surface area contributed by atoms with Crippen LogP contribution in [0, 0.1) is 12.3 Å². The minimum absolute atomic E-state index is 0.0429. The summed E-state index contributed by atoms with van der Waals surface area (Å²) in [4.78, 5) is 11.4. The van der Waals surface area contributed by atoms with Crippen molar-refractivity contribution in [2.45, 2.75) is 19.4 Å². The second-order valence-corrected chi connectivity index (χ2v) is 2.60. The first kappa shape index (κ1) is 10.1. The molecule has 74 valence electrons. The number of nitrogens with one attached hydrogen (secondary N) is 1. The highest BCUT2D eigenvalue weighted by Gasteiger charge is 2.17. The van der Waals surface area contributed by atoms with Gasteiger partial charge < -0.3 is 11.1 Å². The molecule has 1 unspecified atom stereocenters. The van der Waals surface area contributed by atoms with Crippen molar-refractivity contribution in [3.8, 4) is 12.3 Å². The van der Waals surface area contributed by atoms with Crippen molar-refractivity contribution in [2.24, 2.45) is 0 Å². The molecule has 1 aromatic rings. The van der Waals surface area contributed by atoms with Gasteiger partial charge in [0.25, 0.3) is 5.91 Å². The van der Waals surface area contributed by atoms with Crippen molar-refractivity contribution in [1.29, 1.82) is 0 Å². The highest BCUT2D eigenvalue weighted by molar-refractivity contribution is 5.96. The number of carbonyl (C=O) groups excluding carboxylic acids is 1. The fraction of sp³-hybridized carbons (Fsp3) is 0.375. The molecule has 1 amide bonds. The molecule has 1 atom stereocenters. The van der Waals surface area contributed by atoms with Crippen molar-refractivity contribution in [1.82, 2.24) is 15.6 Å². The van der Waals surface area contributed by atoms with E-state index in [1.165, 1.54) is 0 Å². The van der Waals surface area contributed by atoms with E-state index in [9.17, 15) is 4.79 Å². The van der Waals surface area contributed by atoms with Crippen LogP contribution in [-0.4, -0.2) is 22.3 Å². The molecule has 6 heteroatoms. The third kappa shape index (κ3) is 2.01. The van der Waals surface area contributed by atoms with Crippen LogP contribution in [0.2, 0.25) is 0 Å². The molecular weight excluding hydrogens is 184 g/mol. The lowest BCUT2D eigenvalue weighted by molar-refractivity contribution is 0.0935. The number of carbonyl (C=O) groups is 1. The molecule has 14 heavy (non-hydrogen) atoms. The summed E-state index contributed by atoms with van der Waals surface area (Å²) in [5.74, 6) is 1.89. The Kier molecular flexibility index (Phi) is 3.07. The summed E-state index contributed by atoms with van der Waals surface area (Å²) in [6.07, 6.45) is 5.80. The summed E-state index contributed by atoms with van der Waals surface area (Å²) in [5.41, 5.74) is 5.28. The second kappa shape index (κ2) is 4.28. The highest BCUT2D eigenvalue weighted by atomic mass is 16.6. The minimum Gasteiger partial charge on any atom is -0.379 e. The fourth-order valence-electron chi connectivity index (χ4n) is 0.841. The monoisotopic (exact) mass is 194 g/mol. The van der Waals surface area contributed by atoms with Crippen LogP contribution in [0.4, 0.5) is 5.82 Å². The first-order chi connectivity index (χ1) is 6.69. The molecule has 0 aliphatic carbocycles. The standard InChI is InChI=1S/C8H10N4O2/c1-3-5(4-2)10-8(13)6-7(9)12-14-11-6/h1,5H,4H2,2H3,(H2,9,12)(H,10,13). The summed E-state index contributed by atoms with van der Waals surface area (Å²) in [6.45, 7) is 1.86. The number of nitrogen functional groups attached to an aromatic ring is 1. The Labute approximate surface area is 80.8 Å². The van der Waals surface area contributed by atoms with Gasteiger partial charge in [0.15, 0.2) is 0 Å². The Morgan fingerprint density at radius 1 is 1.79 bits per heavy atom. The first-order valence-electron chi connectivity index (χ1n) is 4.04. The van der Waals surface area contributed by atoms with Gasteiger partial charge in [-0.15, -0.1) is 6.42 Å². The molecule has 0 aliphatic heterocycles. The van der Waals surface area contributed by atoms with Crippen molar-refractivity contribution in [3.63, 3.8) is 0 Å². The fourth-order valence-corrected chi connectivity index (χ4v) is 0.841. The summed E-state index contributed by atoms with van der Waals surface area (Å²) in [5, 5.41) is 9.16. The third-order valence-corrected chi connectivity index (χ3v) is 1.64. The van der Waals surface area contributed by atoms with Crippen LogP contribution in [0.15, 0.2) is 4.63 Å². The Bertz CT molecular complexity index is 366. The van der Waals surface area contributed by atoms with Crippen LogP contribution in [0.5, 0.6) is 0 Å². The van der Waals surface area contributed by atoms with Gasteiger partial charge in [0, 0.05) is 0 Å².